The van der Waals surface area contributed by atoms with Gasteiger partial charge in [-0.3, -0.25) is 24.7 Å². The van der Waals surface area contributed by atoms with Crippen LogP contribution in [0.5, 0.6) is 0 Å². The third kappa shape index (κ3) is 13.4. The van der Waals surface area contributed by atoms with Gasteiger partial charge in [0.2, 0.25) is 0 Å². The quantitative estimate of drug-likeness (QED) is 0.0519. The van der Waals surface area contributed by atoms with Crippen LogP contribution in [0.2, 0.25) is 5.02 Å². The van der Waals surface area contributed by atoms with Crippen LogP contribution in [0.3, 0.4) is 0 Å². The minimum atomic E-state index is -4.45. The number of piperazine rings is 2. The first-order valence-electron chi connectivity index (χ1n) is 23.5. The fourth-order valence-corrected chi connectivity index (χ4v) is 11.9. The number of thioether (sulfide) groups is 1. The molecule has 3 heterocycles. The number of nitro benzene ring substituents is 1. The number of hydrogen-bond donors (Lipinski definition) is 3. The molecule has 0 bridgehead atoms. The van der Waals surface area contributed by atoms with E-state index in [9.17, 15) is 23.3 Å². The molecule has 4 aromatic carbocycles. The van der Waals surface area contributed by atoms with Gasteiger partial charge in [-0.25, -0.2) is 13.1 Å². The number of anilines is 2. The summed E-state index contributed by atoms with van der Waals surface area (Å²) in [5.41, 5.74) is 5.39. The lowest BCUT2D eigenvalue weighted by atomic mass is 9.71. The van der Waals surface area contributed by atoms with Crippen LogP contribution in [-0.2, 0) is 14.8 Å². The summed E-state index contributed by atoms with van der Waals surface area (Å²) in [5.74, 6) is -0.178. The molecule has 17 heteroatoms. The Balaban J connectivity index is 0.878. The Morgan fingerprint density at radius 2 is 1.61 bits per heavy atom. The summed E-state index contributed by atoms with van der Waals surface area (Å²) >= 11 is 7.95. The van der Waals surface area contributed by atoms with E-state index >= 15 is 0 Å². The van der Waals surface area contributed by atoms with E-state index in [-0.39, 0.29) is 33.3 Å². The summed E-state index contributed by atoms with van der Waals surface area (Å²) in [6.45, 7) is 15.9. The first-order chi connectivity index (χ1) is 32.4. The lowest BCUT2D eigenvalue weighted by Crippen LogP contribution is -2.49. The maximum absolute atomic E-state index is 13.6. The molecule has 0 saturated carbocycles. The monoisotopic (exact) mass is 970 g/mol. The molecule has 2 unspecified atom stereocenters. The molecule has 0 radical (unpaired) electrons. The molecular weight excluding hydrogens is 908 g/mol. The number of benzene rings is 4. The molecular formula is C50H63ClN8O6S2. The summed E-state index contributed by atoms with van der Waals surface area (Å²) < 4.78 is 34.8. The first-order valence-corrected chi connectivity index (χ1v) is 26.3. The van der Waals surface area contributed by atoms with Gasteiger partial charge < -0.3 is 25.2 Å². The van der Waals surface area contributed by atoms with Crippen LogP contribution in [0.25, 0.3) is 5.57 Å². The summed E-state index contributed by atoms with van der Waals surface area (Å²) in [7, 11) is -4.45. The van der Waals surface area contributed by atoms with E-state index in [0.717, 1.165) is 126 Å². The van der Waals surface area contributed by atoms with Crippen LogP contribution >= 0.6 is 23.4 Å². The largest absolute Gasteiger partial charge is 0.379 e. The Labute approximate surface area is 404 Å². The van der Waals surface area contributed by atoms with E-state index in [4.69, 9.17) is 16.3 Å². The van der Waals surface area contributed by atoms with Gasteiger partial charge >= 0.3 is 0 Å². The highest BCUT2D eigenvalue weighted by molar-refractivity contribution is 7.99. The Hall–Kier alpha value is -4.52. The zero-order valence-electron chi connectivity index (χ0n) is 38.3. The van der Waals surface area contributed by atoms with Crippen LogP contribution in [-0.4, -0.2) is 144 Å². The van der Waals surface area contributed by atoms with Gasteiger partial charge in [0.25, 0.3) is 21.6 Å². The number of halogens is 1. The molecule has 1 amide bonds. The van der Waals surface area contributed by atoms with Gasteiger partial charge in [-0.15, -0.1) is 11.8 Å². The van der Waals surface area contributed by atoms with Crippen LogP contribution in [0.1, 0.15) is 48.5 Å². The number of hydrogen-bond acceptors (Lipinski definition) is 13. The lowest BCUT2D eigenvalue weighted by Gasteiger charge is -2.43. The smallest absolute Gasteiger partial charge is 0.293 e. The van der Waals surface area contributed by atoms with E-state index < -0.39 is 20.9 Å². The number of nitro groups is 1. The number of carbonyl (C=O) groups excluding carboxylic acids is 1. The second-order valence-electron chi connectivity index (χ2n) is 18.5. The van der Waals surface area contributed by atoms with Crippen LogP contribution < -0.4 is 20.3 Å². The van der Waals surface area contributed by atoms with Crippen molar-refractivity contribution in [2.45, 2.75) is 48.4 Å². The number of morpholine rings is 1. The van der Waals surface area contributed by atoms with Gasteiger partial charge in [0, 0.05) is 124 Å². The molecule has 3 aliphatic heterocycles. The third-order valence-electron chi connectivity index (χ3n) is 13.5. The first kappa shape index (κ1) is 48.9. The molecule has 14 nitrogen and oxygen atoms in total. The molecule has 4 aromatic rings. The molecule has 1 aliphatic carbocycles. The fourth-order valence-electron chi connectivity index (χ4n) is 9.75. The van der Waals surface area contributed by atoms with Crippen molar-refractivity contribution in [3.63, 3.8) is 0 Å². The average Bonchev–Trinajstić information content (AvgIpc) is 3.34. The SMILES string of the molecule is CC1(CN2CCNCC2)CCC(c2ccc(Cl)cc2)=C(CN2CCN(c3ccc(C(=O)NS(=O)(=O)c4ccc(NC(CCN5CCOCC5)CSc5ccccc5)c([N+](=O)[O-])c4)cc3)CC2)C1. The topological polar surface area (TPSA) is 153 Å². The van der Waals surface area contributed by atoms with Gasteiger partial charge in [-0.05, 0) is 103 Å². The number of amides is 1. The number of nitrogens with one attached hydrogen (secondary N) is 3. The van der Waals surface area contributed by atoms with E-state index in [2.05, 4.69) is 54.0 Å². The minimum absolute atomic E-state index is 0.154. The van der Waals surface area contributed by atoms with E-state index in [0.29, 0.717) is 25.4 Å². The predicted molar refractivity (Wildman–Crippen MR) is 269 cm³/mol. The highest BCUT2D eigenvalue weighted by Gasteiger charge is 2.35. The van der Waals surface area contributed by atoms with E-state index in [1.807, 2.05) is 54.6 Å². The number of nitrogens with zero attached hydrogens (tertiary/aromatic N) is 5. The molecule has 0 aromatic heterocycles. The summed E-state index contributed by atoms with van der Waals surface area (Å²) in [6.07, 6.45) is 3.99. The van der Waals surface area contributed by atoms with Crippen LogP contribution in [0.15, 0.2) is 112 Å². The molecule has 0 spiro atoms. The molecule has 8 rings (SSSR count). The van der Waals surface area contributed by atoms with Crippen molar-refractivity contribution in [2.75, 3.05) is 114 Å². The van der Waals surface area contributed by atoms with Crippen molar-refractivity contribution in [3.8, 4) is 0 Å². The highest BCUT2D eigenvalue weighted by Crippen LogP contribution is 2.44. The Kier molecular flexibility index (Phi) is 16.6. The molecule has 67 heavy (non-hydrogen) atoms. The minimum Gasteiger partial charge on any atom is -0.379 e. The number of ether oxygens (including phenoxy) is 1. The normalized spacial score (nSPS) is 20.7. The number of allylic oxidation sites excluding steroid dienone is 1. The zero-order chi connectivity index (χ0) is 46.8. The average molecular weight is 972 g/mol. The van der Waals surface area contributed by atoms with Gasteiger partial charge in [-0.2, -0.15) is 0 Å². The second-order valence-corrected chi connectivity index (χ2v) is 21.7. The van der Waals surface area contributed by atoms with Crippen molar-refractivity contribution in [2.24, 2.45) is 5.41 Å². The number of carbonyl (C=O) groups is 1. The molecule has 4 aliphatic rings. The van der Waals surface area contributed by atoms with Gasteiger partial charge in [0.15, 0.2) is 0 Å². The van der Waals surface area contributed by atoms with Gasteiger partial charge in [0.1, 0.15) is 5.69 Å². The maximum Gasteiger partial charge on any atom is 0.293 e. The third-order valence-corrected chi connectivity index (χ3v) is 16.2. The molecule has 3 N–H and O–H groups in total. The van der Waals surface area contributed by atoms with Gasteiger partial charge in [0.05, 0.1) is 23.0 Å². The summed E-state index contributed by atoms with van der Waals surface area (Å²) in [4.78, 5) is 35.7. The number of sulfonamides is 1. The Bertz CT molecular complexity index is 2440. The fraction of sp³-hybridized carbons (Fsp3) is 0.460. The maximum atomic E-state index is 13.6. The van der Waals surface area contributed by atoms with Gasteiger partial charge in [-0.1, -0.05) is 54.4 Å². The van der Waals surface area contributed by atoms with Crippen molar-refractivity contribution in [1.82, 2.24) is 24.7 Å². The van der Waals surface area contributed by atoms with Crippen molar-refractivity contribution >= 4 is 61.9 Å². The Morgan fingerprint density at radius 1 is 0.896 bits per heavy atom. The zero-order valence-corrected chi connectivity index (χ0v) is 40.7. The summed E-state index contributed by atoms with van der Waals surface area (Å²) in [5, 5.41) is 20.0. The van der Waals surface area contributed by atoms with Crippen molar-refractivity contribution < 1.29 is 22.9 Å². The van der Waals surface area contributed by atoms with Crippen molar-refractivity contribution in [1.29, 1.82) is 0 Å². The van der Waals surface area contributed by atoms with Crippen LogP contribution in [0, 0.1) is 15.5 Å². The standard InChI is InChI=1S/C50H63ClN8O6S2/c1-50(37-57-23-20-52-21-24-57)19-17-46(38-7-11-41(51)12-8-38)40(34-50)35-56-25-27-58(28-26-56)43-13-9-39(10-14-43)49(60)54-67(63,64)45-15-16-47(48(33-45)59(61)62)53-42(18-22-55-29-31-65-32-30-55)36-66-44-5-3-2-4-6-44/h2-16,33,42,52-53H,17-32,34-37H2,1H3,(H,54,60). The highest BCUT2D eigenvalue weighted by atomic mass is 35.5. The van der Waals surface area contributed by atoms with Crippen LogP contribution in [0.4, 0.5) is 17.1 Å². The second kappa shape index (κ2) is 22.7. The molecule has 2 atom stereocenters. The molecule has 358 valence electrons. The summed E-state index contributed by atoms with van der Waals surface area (Å²) in [6, 6.07) is 28.7. The van der Waals surface area contributed by atoms with E-state index in [1.54, 1.807) is 23.9 Å². The predicted octanol–water partition coefficient (Wildman–Crippen LogP) is 7.33. The van der Waals surface area contributed by atoms with Crippen molar-refractivity contribution in [3.05, 3.63) is 129 Å². The van der Waals surface area contributed by atoms with E-state index in [1.165, 1.54) is 28.8 Å². The number of rotatable bonds is 18. The molecule has 3 fully saturated rings. The molecule has 3 saturated heterocycles. The lowest BCUT2D eigenvalue weighted by molar-refractivity contribution is -0.384. The Morgan fingerprint density at radius 3 is 2.31 bits per heavy atom.